The number of halogens is 1. The lowest BCUT2D eigenvalue weighted by atomic mass is 10.1. The molecule has 0 unspecified atom stereocenters. The van der Waals surface area contributed by atoms with E-state index in [2.05, 4.69) is 48.9 Å². The van der Waals surface area contributed by atoms with Gasteiger partial charge in [0.05, 0.1) is 0 Å². The Morgan fingerprint density at radius 1 is 1.10 bits per heavy atom. The molecule has 2 rings (SSSR count). The fourth-order valence-electron chi connectivity index (χ4n) is 1.84. The van der Waals surface area contributed by atoms with Gasteiger partial charge in [-0.2, -0.15) is 0 Å². The molecule has 1 aromatic heterocycles. The van der Waals surface area contributed by atoms with Crippen LogP contribution in [0.4, 0.5) is 0 Å². The Hall–Kier alpha value is -1.06. The number of aromatic nitrogens is 2. The normalized spacial score (nSPS) is 10.8. The second kappa shape index (κ2) is 6.59. The van der Waals surface area contributed by atoms with Gasteiger partial charge in [-0.05, 0) is 50.5 Å². The standard InChI is InChI=1S/C16H19ClN2S/c1-5-6-14-18-15(17)12(4)16(19-14)20-13-8-7-10(2)11(3)9-13/h7-9H,5-6H2,1-4H3. The van der Waals surface area contributed by atoms with E-state index >= 15 is 0 Å². The summed E-state index contributed by atoms with van der Waals surface area (Å²) in [7, 11) is 0. The number of hydrogen-bond acceptors (Lipinski definition) is 3. The van der Waals surface area contributed by atoms with Gasteiger partial charge in [0.2, 0.25) is 0 Å². The van der Waals surface area contributed by atoms with Crippen molar-refractivity contribution in [2.45, 2.75) is 50.5 Å². The van der Waals surface area contributed by atoms with Crippen LogP contribution in [0.3, 0.4) is 0 Å². The molecule has 1 aromatic carbocycles. The Labute approximate surface area is 130 Å². The zero-order chi connectivity index (χ0) is 14.7. The summed E-state index contributed by atoms with van der Waals surface area (Å²) in [6, 6.07) is 6.46. The van der Waals surface area contributed by atoms with Gasteiger partial charge in [0.1, 0.15) is 16.0 Å². The van der Waals surface area contributed by atoms with E-state index in [1.165, 1.54) is 16.0 Å². The quantitative estimate of drug-likeness (QED) is 0.730. The predicted molar refractivity (Wildman–Crippen MR) is 85.8 cm³/mol. The zero-order valence-electron chi connectivity index (χ0n) is 12.3. The predicted octanol–water partition coefficient (Wildman–Crippen LogP) is 5.16. The first kappa shape index (κ1) is 15.3. The minimum atomic E-state index is 0.565. The maximum absolute atomic E-state index is 6.21. The summed E-state index contributed by atoms with van der Waals surface area (Å²) < 4.78 is 0. The first-order valence-corrected chi connectivity index (χ1v) is 7.98. The van der Waals surface area contributed by atoms with Gasteiger partial charge in [0.15, 0.2) is 0 Å². The van der Waals surface area contributed by atoms with Gasteiger partial charge in [0, 0.05) is 16.9 Å². The molecule has 0 saturated carbocycles. The molecule has 0 aliphatic carbocycles. The Morgan fingerprint density at radius 2 is 1.85 bits per heavy atom. The van der Waals surface area contributed by atoms with Gasteiger partial charge in [-0.3, -0.25) is 0 Å². The van der Waals surface area contributed by atoms with Gasteiger partial charge in [-0.1, -0.05) is 36.4 Å². The van der Waals surface area contributed by atoms with Crippen molar-refractivity contribution in [1.29, 1.82) is 0 Å². The maximum Gasteiger partial charge on any atom is 0.136 e. The largest absolute Gasteiger partial charge is 0.226 e. The fraction of sp³-hybridized carbons (Fsp3) is 0.375. The van der Waals surface area contributed by atoms with Crippen LogP contribution in [0, 0.1) is 20.8 Å². The molecule has 0 aliphatic rings. The summed E-state index contributed by atoms with van der Waals surface area (Å²) >= 11 is 7.87. The number of aryl methyl sites for hydroxylation is 3. The van der Waals surface area contributed by atoms with Crippen LogP contribution in [0.1, 0.15) is 35.9 Å². The number of nitrogens with zero attached hydrogens (tertiary/aromatic N) is 2. The zero-order valence-corrected chi connectivity index (χ0v) is 13.9. The fourth-order valence-corrected chi connectivity index (χ4v) is 3.07. The minimum absolute atomic E-state index is 0.565. The van der Waals surface area contributed by atoms with Crippen molar-refractivity contribution in [3.05, 3.63) is 45.9 Å². The highest BCUT2D eigenvalue weighted by atomic mass is 35.5. The first-order chi connectivity index (χ1) is 9.51. The molecule has 1 heterocycles. The van der Waals surface area contributed by atoms with Crippen LogP contribution in [0.15, 0.2) is 28.1 Å². The first-order valence-electron chi connectivity index (χ1n) is 6.79. The summed E-state index contributed by atoms with van der Waals surface area (Å²) in [4.78, 5) is 10.2. The third-order valence-electron chi connectivity index (χ3n) is 3.25. The van der Waals surface area contributed by atoms with Gasteiger partial charge in [-0.15, -0.1) is 0 Å². The SMILES string of the molecule is CCCc1nc(Cl)c(C)c(Sc2ccc(C)c(C)c2)n1. The molecule has 0 radical (unpaired) electrons. The third-order valence-corrected chi connectivity index (χ3v) is 4.70. The Morgan fingerprint density at radius 3 is 2.50 bits per heavy atom. The van der Waals surface area contributed by atoms with Crippen molar-refractivity contribution in [2.75, 3.05) is 0 Å². The van der Waals surface area contributed by atoms with E-state index in [1.54, 1.807) is 11.8 Å². The van der Waals surface area contributed by atoms with E-state index in [4.69, 9.17) is 11.6 Å². The van der Waals surface area contributed by atoms with Crippen molar-refractivity contribution in [1.82, 2.24) is 9.97 Å². The lowest BCUT2D eigenvalue weighted by Crippen LogP contribution is -1.99. The van der Waals surface area contributed by atoms with E-state index in [1.807, 2.05) is 6.92 Å². The molecule has 2 nitrogen and oxygen atoms in total. The second-order valence-corrected chi connectivity index (χ2v) is 6.38. The third kappa shape index (κ3) is 3.53. The molecule has 0 N–H and O–H groups in total. The molecule has 2 aromatic rings. The lowest BCUT2D eigenvalue weighted by Gasteiger charge is -2.09. The van der Waals surface area contributed by atoms with Crippen molar-refractivity contribution in [2.24, 2.45) is 0 Å². The highest BCUT2D eigenvalue weighted by Gasteiger charge is 2.11. The highest BCUT2D eigenvalue weighted by Crippen LogP contribution is 2.32. The lowest BCUT2D eigenvalue weighted by molar-refractivity contribution is 0.801. The molecule has 106 valence electrons. The molecular weight excluding hydrogens is 288 g/mol. The van der Waals surface area contributed by atoms with Crippen LogP contribution in [-0.2, 0) is 6.42 Å². The smallest absolute Gasteiger partial charge is 0.136 e. The summed E-state index contributed by atoms with van der Waals surface area (Å²) in [5.41, 5.74) is 3.55. The van der Waals surface area contributed by atoms with Crippen LogP contribution < -0.4 is 0 Å². The topological polar surface area (TPSA) is 25.8 Å². The average molecular weight is 307 g/mol. The van der Waals surface area contributed by atoms with Gasteiger partial charge < -0.3 is 0 Å². The van der Waals surface area contributed by atoms with Crippen molar-refractivity contribution in [3.8, 4) is 0 Å². The van der Waals surface area contributed by atoms with Gasteiger partial charge in [-0.25, -0.2) is 9.97 Å². The number of benzene rings is 1. The van der Waals surface area contributed by atoms with E-state index in [9.17, 15) is 0 Å². The van der Waals surface area contributed by atoms with Crippen LogP contribution >= 0.6 is 23.4 Å². The molecule has 4 heteroatoms. The Kier molecular flexibility index (Phi) is 5.06. The molecule has 0 atom stereocenters. The van der Waals surface area contributed by atoms with Crippen molar-refractivity contribution in [3.63, 3.8) is 0 Å². The van der Waals surface area contributed by atoms with Gasteiger partial charge >= 0.3 is 0 Å². The number of hydrogen-bond donors (Lipinski definition) is 0. The second-order valence-electron chi connectivity index (χ2n) is 4.96. The molecule has 0 spiro atoms. The minimum Gasteiger partial charge on any atom is -0.226 e. The summed E-state index contributed by atoms with van der Waals surface area (Å²) in [6.07, 6.45) is 1.88. The molecule has 0 bridgehead atoms. The Balaban J connectivity index is 2.34. The average Bonchev–Trinajstić information content (AvgIpc) is 2.40. The van der Waals surface area contributed by atoms with Crippen LogP contribution in [0.2, 0.25) is 5.15 Å². The van der Waals surface area contributed by atoms with E-state index in [-0.39, 0.29) is 0 Å². The van der Waals surface area contributed by atoms with E-state index in [0.717, 1.165) is 29.3 Å². The number of rotatable bonds is 4. The summed E-state index contributed by atoms with van der Waals surface area (Å²) in [5, 5.41) is 1.52. The summed E-state index contributed by atoms with van der Waals surface area (Å²) in [6.45, 7) is 8.34. The molecule has 20 heavy (non-hydrogen) atoms. The highest BCUT2D eigenvalue weighted by molar-refractivity contribution is 7.99. The maximum atomic E-state index is 6.21. The molecule has 0 saturated heterocycles. The monoisotopic (exact) mass is 306 g/mol. The Bertz CT molecular complexity index is 626. The van der Waals surface area contributed by atoms with Crippen LogP contribution in [-0.4, -0.2) is 9.97 Å². The van der Waals surface area contributed by atoms with Gasteiger partial charge in [0.25, 0.3) is 0 Å². The molecule has 0 amide bonds. The van der Waals surface area contributed by atoms with E-state index < -0.39 is 0 Å². The van der Waals surface area contributed by atoms with Crippen LogP contribution in [0.25, 0.3) is 0 Å². The van der Waals surface area contributed by atoms with Crippen molar-refractivity contribution < 1.29 is 0 Å². The van der Waals surface area contributed by atoms with E-state index in [0.29, 0.717) is 5.15 Å². The molecular formula is C16H19ClN2S. The van der Waals surface area contributed by atoms with Crippen molar-refractivity contribution >= 4 is 23.4 Å². The molecule has 0 aliphatic heterocycles. The molecule has 0 fully saturated rings. The summed E-state index contributed by atoms with van der Waals surface area (Å²) in [5.74, 6) is 0.828. The van der Waals surface area contributed by atoms with Crippen LogP contribution in [0.5, 0.6) is 0 Å².